The zero-order valence-electron chi connectivity index (χ0n) is 15.7. The lowest BCUT2D eigenvalue weighted by atomic mass is 9.75. The molecule has 136 valence electrons. The molecule has 0 aromatic heterocycles. The number of carbonyl (C=O) groups is 1. The smallest absolute Gasteiger partial charge is 0.306 e. The minimum absolute atomic E-state index is 0.0941. The molecule has 1 aromatic carbocycles. The molecule has 0 spiro atoms. The van der Waals surface area contributed by atoms with Gasteiger partial charge in [-0.15, -0.1) is 0 Å². The second kappa shape index (κ2) is 9.71. The number of phenolic OH excluding ortho intramolecular Hbond substituents is 1. The molecule has 1 aromatic rings. The van der Waals surface area contributed by atoms with Crippen LogP contribution in [0.1, 0.15) is 78.2 Å². The summed E-state index contributed by atoms with van der Waals surface area (Å²) >= 11 is 0. The molecule has 0 fully saturated rings. The van der Waals surface area contributed by atoms with Crippen molar-refractivity contribution < 1.29 is 15.0 Å². The Kier molecular flexibility index (Phi) is 8.30. The van der Waals surface area contributed by atoms with E-state index in [1.165, 1.54) is 12.8 Å². The van der Waals surface area contributed by atoms with Crippen molar-refractivity contribution in [2.45, 2.75) is 78.1 Å². The summed E-state index contributed by atoms with van der Waals surface area (Å²) in [5.74, 6) is -0.382. The lowest BCUT2D eigenvalue weighted by Crippen LogP contribution is -2.27. The quantitative estimate of drug-likeness (QED) is 0.506. The van der Waals surface area contributed by atoms with Gasteiger partial charge in [-0.1, -0.05) is 65.5 Å². The summed E-state index contributed by atoms with van der Waals surface area (Å²) in [6, 6.07) is 7.27. The molecule has 0 bridgehead atoms. The van der Waals surface area contributed by atoms with Gasteiger partial charge in [0.25, 0.3) is 0 Å². The van der Waals surface area contributed by atoms with E-state index in [0.717, 1.165) is 31.2 Å². The van der Waals surface area contributed by atoms with Crippen LogP contribution in [0.15, 0.2) is 24.3 Å². The minimum atomic E-state index is -0.653. The fourth-order valence-electron chi connectivity index (χ4n) is 3.48. The Morgan fingerprint density at radius 2 is 1.71 bits per heavy atom. The normalized spacial score (nSPS) is 14.3. The summed E-state index contributed by atoms with van der Waals surface area (Å²) in [6.45, 7) is 8.58. The van der Waals surface area contributed by atoms with Crippen molar-refractivity contribution in [3.63, 3.8) is 0 Å². The maximum Gasteiger partial charge on any atom is 0.306 e. The Morgan fingerprint density at radius 1 is 1.08 bits per heavy atom. The Labute approximate surface area is 147 Å². The summed E-state index contributed by atoms with van der Waals surface area (Å²) < 4.78 is 0. The molecule has 0 saturated carbocycles. The Hall–Kier alpha value is -1.51. The zero-order chi connectivity index (χ0) is 18.2. The van der Waals surface area contributed by atoms with Gasteiger partial charge in [-0.3, -0.25) is 4.79 Å². The number of hydrogen-bond acceptors (Lipinski definition) is 2. The molecular weight excluding hydrogens is 300 g/mol. The molecule has 0 heterocycles. The highest BCUT2D eigenvalue weighted by atomic mass is 16.4. The summed E-state index contributed by atoms with van der Waals surface area (Å²) in [7, 11) is 0. The van der Waals surface area contributed by atoms with Crippen LogP contribution in [-0.4, -0.2) is 16.2 Å². The van der Waals surface area contributed by atoms with E-state index in [2.05, 4.69) is 27.7 Å². The maximum atomic E-state index is 11.8. The third-order valence-corrected chi connectivity index (χ3v) is 5.32. The number of aromatic hydroxyl groups is 1. The summed E-state index contributed by atoms with van der Waals surface area (Å²) in [5.41, 5.74) is 1.05. The van der Waals surface area contributed by atoms with Gasteiger partial charge in [0.05, 0.1) is 5.92 Å². The van der Waals surface area contributed by atoms with Gasteiger partial charge in [0.15, 0.2) is 0 Å². The number of phenols is 1. The third-order valence-electron chi connectivity index (χ3n) is 5.32. The van der Waals surface area contributed by atoms with Crippen LogP contribution in [0.5, 0.6) is 5.75 Å². The Balaban J connectivity index is 2.73. The molecule has 2 atom stereocenters. The number of benzene rings is 1. The molecule has 0 amide bonds. The molecule has 1 rings (SSSR count). The molecule has 0 aliphatic carbocycles. The minimum Gasteiger partial charge on any atom is -0.508 e. The van der Waals surface area contributed by atoms with E-state index in [-0.39, 0.29) is 23.0 Å². The molecule has 0 saturated heterocycles. The highest BCUT2D eigenvalue weighted by Gasteiger charge is 2.30. The number of aliphatic carboxylic acids is 1. The molecule has 2 N–H and O–H groups in total. The van der Waals surface area contributed by atoms with Crippen LogP contribution in [0.2, 0.25) is 0 Å². The molecule has 0 radical (unpaired) electrons. The van der Waals surface area contributed by atoms with Gasteiger partial charge in [-0.2, -0.15) is 0 Å². The van der Waals surface area contributed by atoms with Crippen molar-refractivity contribution in [3.8, 4) is 5.75 Å². The molecule has 0 aliphatic heterocycles. The van der Waals surface area contributed by atoms with E-state index in [4.69, 9.17) is 0 Å². The number of unbranched alkanes of at least 4 members (excludes halogenated alkanes) is 2. The first kappa shape index (κ1) is 20.5. The van der Waals surface area contributed by atoms with Gasteiger partial charge in [0.1, 0.15) is 5.75 Å². The van der Waals surface area contributed by atoms with Gasteiger partial charge in [-0.05, 0) is 48.3 Å². The van der Waals surface area contributed by atoms with Gasteiger partial charge in [0.2, 0.25) is 0 Å². The maximum absolute atomic E-state index is 11.8. The van der Waals surface area contributed by atoms with Crippen molar-refractivity contribution >= 4 is 5.97 Å². The molecule has 2 unspecified atom stereocenters. The average molecular weight is 334 g/mol. The third kappa shape index (κ3) is 6.18. The van der Waals surface area contributed by atoms with Crippen LogP contribution in [0.25, 0.3) is 0 Å². The average Bonchev–Trinajstić information content (AvgIpc) is 2.53. The second-order valence-corrected chi connectivity index (χ2v) is 7.58. The predicted octanol–water partition coefficient (Wildman–Crippen LogP) is 5.76. The lowest BCUT2D eigenvalue weighted by molar-refractivity contribution is -0.144. The molecule has 3 heteroatoms. The number of rotatable bonds is 11. The van der Waals surface area contributed by atoms with Crippen LogP contribution in [-0.2, 0) is 10.2 Å². The first-order valence-electron chi connectivity index (χ1n) is 9.34. The second-order valence-electron chi connectivity index (χ2n) is 7.58. The van der Waals surface area contributed by atoms with Crippen molar-refractivity contribution in [3.05, 3.63) is 29.8 Å². The van der Waals surface area contributed by atoms with Gasteiger partial charge in [0, 0.05) is 0 Å². The summed E-state index contributed by atoms with van der Waals surface area (Å²) in [4.78, 5) is 11.8. The SMILES string of the molecule is CCCCCC(CC)C(CCC(C)(C)c1ccc(O)cc1)C(=O)O. The van der Waals surface area contributed by atoms with E-state index >= 15 is 0 Å². The zero-order valence-corrected chi connectivity index (χ0v) is 15.7. The van der Waals surface area contributed by atoms with E-state index in [9.17, 15) is 15.0 Å². The van der Waals surface area contributed by atoms with Crippen LogP contribution in [0.3, 0.4) is 0 Å². The van der Waals surface area contributed by atoms with E-state index in [1.54, 1.807) is 12.1 Å². The van der Waals surface area contributed by atoms with Crippen molar-refractivity contribution in [2.75, 3.05) is 0 Å². The topological polar surface area (TPSA) is 57.5 Å². The summed E-state index contributed by atoms with van der Waals surface area (Å²) in [6.07, 6.45) is 6.96. The van der Waals surface area contributed by atoms with Gasteiger partial charge in [-0.25, -0.2) is 0 Å². The molecule has 24 heavy (non-hydrogen) atoms. The molecular formula is C21H34O3. The lowest BCUT2D eigenvalue weighted by Gasteiger charge is -2.29. The monoisotopic (exact) mass is 334 g/mol. The molecule has 3 nitrogen and oxygen atoms in total. The van der Waals surface area contributed by atoms with E-state index < -0.39 is 5.97 Å². The highest BCUT2D eigenvalue weighted by Crippen LogP contribution is 2.34. The first-order chi connectivity index (χ1) is 11.3. The standard InChI is InChI=1S/C21H34O3/c1-5-7-8-9-16(6-2)19(20(23)24)14-15-21(3,4)17-10-12-18(22)13-11-17/h10-13,16,19,22H,5-9,14-15H2,1-4H3,(H,23,24). The van der Waals surface area contributed by atoms with Crippen LogP contribution < -0.4 is 0 Å². The summed E-state index contributed by atoms with van der Waals surface area (Å²) in [5, 5.41) is 19.1. The van der Waals surface area contributed by atoms with E-state index in [0.29, 0.717) is 6.42 Å². The van der Waals surface area contributed by atoms with Gasteiger partial charge < -0.3 is 10.2 Å². The highest BCUT2D eigenvalue weighted by molar-refractivity contribution is 5.70. The number of carboxylic acids is 1. The largest absolute Gasteiger partial charge is 0.508 e. The fraction of sp³-hybridized carbons (Fsp3) is 0.667. The van der Waals surface area contributed by atoms with E-state index in [1.807, 2.05) is 12.1 Å². The Morgan fingerprint density at radius 3 is 2.21 bits per heavy atom. The van der Waals surface area contributed by atoms with Crippen LogP contribution in [0, 0.1) is 11.8 Å². The fourth-order valence-corrected chi connectivity index (χ4v) is 3.48. The van der Waals surface area contributed by atoms with Crippen molar-refractivity contribution in [1.29, 1.82) is 0 Å². The van der Waals surface area contributed by atoms with Crippen molar-refractivity contribution in [2.24, 2.45) is 11.8 Å². The predicted molar refractivity (Wildman–Crippen MR) is 99.4 cm³/mol. The van der Waals surface area contributed by atoms with Gasteiger partial charge >= 0.3 is 5.97 Å². The first-order valence-corrected chi connectivity index (χ1v) is 9.34. The number of carboxylic acid groups (broad SMARTS) is 1. The van der Waals surface area contributed by atoms with Crippen LogP contribution in [0.4, 0.5) is 0 Å². The number of hydrogen-bond donors (Lipinski definition) is 2. The van der Waals surface area contributed by atoms with Crippen molar-refractivity contribution in [1.82, 2.24) is 0 Å². The van der Waals surface area contributed by atoms with Crippen LogP contribution >= 0.6 is 0 Å². The molecule has 0 aliphatic rings. The Bertz CT molecular complexity index is 490.